The molecule has 0 saturated carbocycles. The van der Waals surface area contributed by atoms with Crippen LogP contribution in [0.1, 0.15) is 11.8 Å². The number of hydrogen-bond donors (Lipinski definition) is 5. The number of nitrogens with two attached hydrogens (primary N) is 1. The van der Waals surface area contributed by atoms with E-state index in [1.54, 1.807) is 0 Å². The second-order valence-electron chi connectivity index (χ2n) is 7.92. The number of hydrogen-bond acceptors (Lipinski definition) is 9. The maximum atomic E-state index is 10.3. The van der Waals surface area contributed by atoms with Gasteiger partial charge in [0.1, 0.15) is 24.6 Å². The van der Waals surface area contributed by atoms with Crippen molar-refractivity contribution in [1.82, 2.24) is 19.5 Å². The van der Waals surface area contributed by atoms with Gasteiger partial charge in [-0.2, -0.15) is 0 Å². The van der Waals surface area contributed by atoms with Gasteiger partial charge in [-0.05, 0) is 23.3 Å². The molecule has 4 atom stereocenters. The fourth-order valence-electron chi connectivity index (χ4n) is 4.04. The SMILES string of the molecule is Nc1ccc(CNc2ncnc3c2ncn3[C@@H]2O[C@H](CO)[C@@H](O)[C@H]2O)cc1-c1ccccc1. The molecule has 0 bridgehead atoms. The Morgan fingerprint density at radius 3 is 2.61 bits per heavy atom. The third kappa shape index (κ3) is 3.89. The van der Waals surface area contributed by atoms with Gasteiger partial charge in [0.2, 0.25) is 0 Å². The summed E-state index contributed by atoms with van der Waals surface area (Å²) in [4.78, 5) is 13.0. The molecule has 5 rings (SSSR count). The Bertz CT molecular complexity index is 1260. The van der Waals surface area contributed by atoms with Gasteiger partial charge in [0.15, 0.2) is 23.2 Å². The number of benzene rings is 2. The van der Waals surface area contributed by atoms with E-state index < -0.39 is 31.1 Å². The average molecular weight is 448 g/mol. The third-order valence-corrected chi connectivity index (χ3v) is 5.81. The van der Waals surface area contributed by atoms with Crippen LogP contribution in [0.2, 0.25) is 0 Å². The topological polar surface area (TPSA) is 152 Å². The summed E-state index contributed by atoms with van der Waals surface area (Å²) in [5.74, 6) is 0.517. The van der Waals surface area contributed by atoms with E-state index in [1.165, 1.54) is 17.2 Å². The summed E-state index contributed by atoms with van der Waals surface area (Å²) in [6, 6.07) is 15.8. The van der Waals surface area contributed by atoms with Gasteiger partial charge < -0.3 is 31.1 Å². The molecule has 0 amide bonds. The van der Waals surface area contributed by atoms with Crippen LogP contribution < -0.4 is 11.1 Å². The quantitative estimate of drug-likeness (QED) is 0.275. The van der Waals surface area contributed by atoms with Gasteiger partial charge >= 0.3 is 0 Å². The van der Waals surface area contributed by atoms with Gasteiger partial charge in [0.25, 0.3) is 0 Å². The van der Waals surface area contributed by atoms with E-state index >= 15 is 0 Å². The van der Waals surface area contributed by atoms with Gasteiger partial charge in [-0.1, -0.05) is 36.4 Å². The molecule has 0 radical (unpaired) electrons. The normalized spacial score (nSPS) is 22.6. The van der Waals surface area contributed by atoms with Crippen molar-refractivity contribution < 1.29 is 20.1 Å². The standard InChI is InChI=1S/C23H24N6O4/c24-16-7-6-13(8-15(16)14-4-2-1-3-5-14)9-25-21-18-22(27-11-26-21)29(12-28-18)23-20(32)19(31)17(10-30)33-23/h1-8,11-12,17,19-20,23,30-32H,9-10,24H2,(H,25,26,27)/t17-,19-,20-,23-/m1/s1. The number of nitrogen functional groups attached to an aromatic ring is 1. The first-order valence-electron chi connectivity index (χ1n) is 10.5. The zero-order chi connectivity index (χ0) is 22.9. The van der Waals surface area contributed by atoms with Crippen LogP contribution in [0.5, 0.6) is 0 Å². The first-order chi connectivity index (χ1) is 16.1. The van der Waals surface area contributed by atoms with E-state index in [0.29, 0.717) is 29.2 Å². The summed E-state index contributed by atoms with van der Waals surface area (Å²) in [6.07, 6.45) is -1.37. The minimum atomic E-state index is -1.22. The molecular formula is C23H24N6O4. The van der Waals surface area contributed by atoms with Crippen molar-refractivity contribution in [2.75, 3.05) is 17.7 Å². The first kappa shape index (κ1) is 21.3. The zero-order valence-corrected chi connectivity index (χ0v) is 17.6. The Balaban J connectivity index is 1.39. The molecule has 3 heterocycles. The number of aliphatic hydroxyl groups excluding tert-OH is 3. The van der Waals surface area contributed by atoms with E-state index in [-0.39, 0.29) is 0 Å². The number of nitrogens with zero attached hydrogens (tertiary/aromatic N) is 4. The van der Waals surface area contributed by atoms with E-state index in [2.05, 4.69) is 20.3 Å². The van der Waals surface area contributed by atoms with Crippen LogP contribution in [0, 0.1) is 0 Å². The predicted molar refractivity (Wildman–Crippen MR) is 122 cm³/mol. The van der Waals surface area contributed by atoms with Gasteiger partial charge in [-0.15, -0.1) is 0 Å². The van der Waals surface area contributed by atoms with Crippen molar-refractivity contribution in [3.05, 3.63) is 66.7 Å². The molecule has 2 aromatic heterocycles. The van der Waals surface area contributed by atoms with Gasteiger partial charge in [0, 0.05) is 17.8 Å². The number of imidazole rings is 1. The Labute approximate surface area is 189 Å². The molecule has 1 fully saturated rings. The maximum absolute atomic E-state index is 10.3. The summed E-state index contributed by atoms with van der Waals surface area (Å²) in [6.45, 7) is 0.0721. The zero-order valence-electron chi connectivity index (χ0n) is 17.6. The summed E-state index contributed by atoms with van der Waals surface area (Å²) < 4.78 is 7.13. The predicted octanol–water partition coefficient (Wildman–Crippen LogP) is 1.30. The Kier molecular flexibility index (Phi) is 5.65. The van der Waals surface area contributed by atoms with Gasteiger partial charge in [-0.25, -0.2) is 15.0 Å². The van der Waals surface area contributed by atoms with Crippen molar-refractivity contribution in [3.63, 3.8) is 0 Å². The Morgan fingerprint density at radius 2 is 1.85 bits per heavy atom. The molecule has 6 N–H and O–H groups in total. The highest BCUT2D eigenvalue weighted by Crippen LogP contribution is 2.32. The molecule has 0 unspecified atom stereocenters. The number of aliphatic hydroxyl groups is 3. The monoisotopic (exact) mass is 448 g/mol. The fraction of sp³-hybridized carbons (Fsp3) is 0.261. The molecule has 1 aliphatic rings. The lowest BCUT2D eigenvalue weighted by atomic mass is 10.0. The van der Waals surface area contributed by atoms with Crippen molar-refractivity contribution >= 4 is 22.7 Å². The highest BCUT2D eigenvalue weighted by atomic mass is 16.6. The maximum Gasteiger partial charge on any atom is 0.167 e. The summed E-state index contributed by atoms with van der Waals surface area (Å²) in [5, 5.41) is 33.1. The van der Waals surface area contributed by atoms with Crippen molar-refractivity contribution in [1.29, 1.82) is 0 Å². The highest BCUT2D eigenvalue weighted by molar-refractivity contribution is 5.83. The number of anilines is 2. The minimum Gasteiger partial charge on any atom is -0.398 e. The second-order valence-corrected chi connectivity index (χ2v) is 7.92. The van der Waals surface area contributed by atoms with E-state index in [1.807, 2.05) is 48.5 Å². The van der Waals surface area contributed by atoms with Crippen LogP contribution in [0.4, 0.5) is 11.5 Å². The molecule has 33 heavy (non-hydrogen) atoms. The van der Waals surface area contributed by atoms with Crippen LogP contribution in [0.15, 0.2) is 61.2 Å². The van der Waals surface area contributed by atoms with Crippen LogP contribution in [0.3, 0.4) is 0 Å². The van der Waals surface area contributed by atoms with E-state index in [4.69, 9.17) is 10.5 Å². The number of fused-ring (bicyclic) bond motifs is 1. The lowest BCUT2D eigenvalue weighted by Gasteiger charge is -2.16. The summed E-state index contributed by atoms with van der Waals surface area (Å²) in [5.41, 5.74) is 10.8. The van der Waals surface area contributed by atoms with Crippen LogP contribution in [-0.2, 0) is 11.3 Å². The van der Waals surface area contributed by atoms with E-state index in [0.717, 1.165) is 16.7 Å². The van der Waals surface area contributed by atoms with Crippen molar-refractivity contribution in [2.45, 2.75) is 31.1 Å². The Hall–Kier alpha value is -3.57. The molecule has 1 saturated heterocycles. The number of rotatable bonds is 6. The molecule has 1 aliphatic heterocycles. The molecule has 0 aliphatic carbocycles. The number of nitrogens with one attached hydrogen (secondary N) is 1. The lowest BCUT2D eigenvalue weighted by Crippen LogP contribution is -2.33. The molecule has 10 heteroatoms. The Morgan fingerprint density at radius 1 is 1.03 bits per heavy atom. The van der Waals surface area contributed by atoms with Gasteiger partial charge in [-0.3, -0.25) is 4.57 Å². The second kappa shape index (κ2) is 8.75. The van der Waals surface area contributed by atoms with Crippen LogP contribution in [-0.4, -0.2) is 59.8 Å². The lowest BCUT2D eigenvalue weighted by molar-refractivity contribution is -0.0511. The number of aromatic nitrogens is 4. The van der Waals surface area contributed by atoms with Crippen LogP contribution in [0.25, 0.3) is 22.3 Å². The fourth-order valence-corrected chi connectivity index (χ4v) is 4.04. The average Bonchev–Trinajstić information content (AvgIpc) is 3.40. The molecule has 2 aromatic carbocycles. The largest absolute Gasteiger partial charge is 0.398 e. The smallest absolute Gasteiger partial charge is 0.167 e. The van der Waals surface area contributed by atoms with Crippen molar-refractivity contribution in [3.8, 4) is 11.1 Å². The van der Waals surface area contributed by atoms with Crippen LogP contribution >= 0.6 is 0 Å². The van der Waals surface area contributed by atoms with Gasteiger partial charge in [0.05, 0.1) is 12.9 Å². The highest BCUT2D eigenvalue weighted by Gasteiger charge is 2.44. The minimum absolute atomic E-state index is 0.407. The molecule has 0 spiro atoms. The molecule has 170 valence electrons. The first-order valence-corrected chi connectivity index (χ1v) is 10.5. The molecular weight excluding hydrogens is 424 g/mol. The molecule has 4 aromatic rings. The number of ether oxygens (including phenoxy) is 1. The summed E-state index contributed by atoms with van der Waals surface area (Å²) in [7, 11) is 0. The molecule has 10 nitrogen and oxygen atoms in total. The third-order valence-electron chi connectivity index (χ3n) is 5.81. The van der Waals surface area contributed by atoms with Crippen molar-refractivity contribution in [2.24, 2.45) is 0 Å². The summed E-state index contributed by atoms with van der Waals surface area (Å²) >= 11 is 0. The van der Waals surface area contributed by atoms with E-state index in [9.17, 15) is 15.3 Å².